The van der Waals surface area contributed by atoms with E-state index in [-0.39, 0.29) is 0 Å². The van der Waals surface area contributed by atoms with E-state index in [0.717, 1.165) is 41.2 Å². The van der Waals surface area contributed by atoms with Gasteiger partial charge in [0, 0.05) is 22.5 Å². The fourth-order valence-electron chi connectivity index (χ4n) is 3.53. The quantitative estimate of drug-likeness (QED) is 0.362. The van der Waals surface area contributed by atoms with Crippen LogP contribution in [0, 0.1) is 6.92 Å². The highest BCUT2D eigenvalue weighted by molar-refractivity contribution is 6.09. The number of hydrogen-bond acceptors (Lipinski definition) is 5. The van der Waals surface area contributed by atoms with Gasteiger partial charge in [0.25, 0.3) is 0 Å². The summed E-state index contributed by atoms with van der Waals surface area (Å²) in [6.07, 6.45) is 4.46. The molecular formula is C25H27N3O2. The Kier molecular flexibility index (Phi) is 6.62. The van der Waals surface area contributed by atoms with Crippen molar-refractivity contribution in [3.05, 3.63) is 70.9 Å². The average molecular weight is 402 g/mol. The number of aryl methyl sites for hydroxylation is 3. The first kappa shape index (κ1) is 21.2. The van der Waals surface area contributed by atoms with E-state index in [2.05, 4.69) is 35.1 Å². The van der Waals surface area contributed by atoms with Gasteiger partial charge >= 0.3 is 0 Å². The molecule has 0 aliphatic rings. The number of rotatable bonds is 5. The Morgan fingerprint density at radius 2 is 1.83 bits per heavy atom. The molecule has 0 saturated carbocycles. The number of ether oxygens (including phenoxy) is 1. The molecule has 0 radical (unpaired) electrons. The average Bonchev–Trinajstić information content (AvgIpc) is 2.79. The highest BCUT2D eigenvalue weighted by atomic mass is 16.5. The lowest BCUT2D eigenvalue weighted by Crippen LogP contribution is -1.99. The zero-order valence-electron chi connectivity index (χ0n) is 17.9. The normalized spacial score (nSPS) is 10.5. The van der Waals surface area contributed by atoms with Crippen molar-refractivity contribution < 1.29 is 9.53 Å². The molecule has 2 N–H and O–H groups in total. The maximum Gasteiger partial charge on any atom is 0.150 e. The molecule has 5 nitrogen and oxygen atoms in total. The van der Waals surface area contributed by atoms with Crippen LogP contribution in [0.5, 0.6) is 5.75 Å². The fraction of sp³-hybridized carbons (Fsp3) is 0.240. The lowest BCUT2D eigenvalue weighted by Gasteiger charge is -2.10. The Hall–Kier alpha value is -3.47. The van der Waals surface area contributed by atoms with E-state index in [9.17, 15) is 4.79 Å². The van der Waals surface area contributed by atoms with Gasteiger partial charge in [-0.1, -0.05) is 32.0 Å². The Bertz CT molecular complexity index is 1200. The number of carbonyl (C=O) groups is 1. The standard InChI is InChI=1S/C23H21N3O2.C2H6/c1-14-9-18(28-2)7-6-17(14)5-3-15-10-20-19-8-4-16(13-27)11-21(19)26-23(24)22(20)25-12-15;1-2/h4,6-13H,3,5H2,1-2H3,(H2,24,26);1-2H3. The SMILES string of the molecule is CC.COc1ccc(CCc2cnc3c(N)nc4cc(C=O)ccc4c3c2)c(C)c1. The van der Waals surface area contributed by atoms with Gasteiger partial charge in [0.15, 0.2) is 5.82 Å². The molecule has 154 valence electrons. The summed E-state index contributed by atoms with van der Waals surface area (Å²) in [4.78, 5) is 20.0. The zero-order chi connectivity index (χ0) is 21.7. The van der Waals surface area contributed by atoms with Gasteiger partial charge in [-0.05, 0) is 60.7 Å². The summed E-state index contributed by atoms with van der Waals surface area (Å²) in [7, 11) is 1.68. The molecule has 2 aromatic heterocycles. The Labute approximate surface area is 176 Å². The molecule has 2 aromatic carbocycles. The number of nitrogens with two attached hydrogens (primary N) is 1. The van der Waals surface area contributed by atoms with E-state index in [1.165, 1.54) is 11.1 Å². The van der Waals surface area contributed by atoms with Gasteiger partial charge in [0.05, 0.1) is 12.6 Å². The monoisotopic (exact) mass is 401 g/mol. The molecule has 0 atom stereocenters. The van der Waals surface area contributed by atoms with Gasteiger partial charge in [0.1, 0.15) is 17.6 Å². The lowest BCUT2D eigenvalue weighted by atomic mass is 9.99. The van der Waals surface area contributed by atoms with Gasteiger partial charge in [-0.3, -0.25) is 9.78 Å². The van der Waals surface area contributed by atoms with Gasteiger partial charge in [-0.25, -0.2) is 4.98 Å². The van der Waals surface area contributed by atoms with Crippen molar-refractivity contribution in [1.82, 2.24) is 9.97 Å². The van der Waals surface area contributed by atoms with E-state index in [4.69, 9.17) is 10.5 Å². The topological polar surface area (TPSA) is 78.1 Å². The summed E-state index contributed by atoms with van der Waals surface area (Å²) in [6, 6.07) is 13.7. The largest absolute Gasteiger partial charge is 0.497 e. The number of aldehydes is 1. The van der Waals surface area contributed by atoms with Gasteiger partial charge in [0.2, 0.25) is 0 Å². The van der Waals surface area contributed by atoms with E-state index in [1.54, 1.807) is 19.2 Å². The van der Waals surface area contributed by atoms with Crippen molar-refractivity contribution >= 4 is 33.9 Å². The fourth-order valence-corrected chi connectivity index (χ4v) is 3.53. The third-order valence-electron chi connectivity index (χ3n) is 5.11. The van der Waals surface area contributed by atoms with Crippen LogP contribution in [0.15, 0.2) is 48.7 Å². The first-order valence-electron chi connectivity index (χ1n) is 10.2. The highest BCUT2D eigenvalue weighted by Crippen LogP contribution is 2.28. The van der Waals surface area contributed by atoms with Crippen molar-refractivity contribution in [3.63, 3.8) is 0 Å². The van der Waals surface area contributed by atoms with Crippen molar-refractivity contribution in [2.75, 3.05) is 12.8 Å². The number of aromatic nitrogens is 2. The van der Waals surface area contributed by atoms with Gasteiger partial charge in [-0.2, -0.15) is 0 Å². The van der Waals surface area contributed by atoms with E-state index in [0.29, 0.717) is 22.4 Å². The van der Waals surface area contributed by atoms with Crippen LogP contribution < -0.4 is 10.5 Å². The number of anilines is 1. The lowest BCUT2D eigenvalue weighted by molar-refractivity contribution is 0.112. The summed E-state index contributed by atoms with van der Waals surface area (Å²) < 4.78 is 5.28. The number of fused-ring (bicyclic) bond motifs is 3. The third kappa shape index (κ3) is 4.25. The van der Waals surface area contributed by atoms with Crippen LogP contribution in [0.2, 0.25) is 0 Å². The van der Waals surface area contributed by atoms with E-state index >= 15 is 0 Å². The molecule has 0 bridgehead atoms. The minimum absolute atomic E-state index is 0.378. The van der Waals surface area contributed by atoms with Crippen molar-refractivity contribution in [2.24, 2.45) is 0 Å². The summed E-state index contributed by atoms with van der Waals surface area (Å²) in [5, 5.41) is 1.91. The molecule has 0 aliphatic heterocycles. The number of nitrogens with zero attached hydrogens (tertiary/aromatic N) is 2. The Morgan fingerprint density at radius 1 is 1.03 bits per heavy atom. The number of methoxy groups -OCH3 is 1. The zero-order valence-corrected chi connectivity index (χ0v) is 17.9. The molecule has 30 heavy (non-hydrogen) atoms. The van der Waals surface area contributed by atoms with Crippen LogP contribution >= 0.6 is 0 Å². The number of nitrogen functional groups attached to an aromatic ring is 1. The van der Waals surface area contributed by atoms with Crippen LogP contribution in [-0.2, 0) is 12.8 Å². The number of benzene rings is 2. The smallest absolute Gasteiger partial charge is 0.150 e. The van der Waals surface area contributed by atoms with Crippen molar-refractivity contribution in [2.45, 2.75) is 33.6 Å². The second kappa shape index (κ2) is 9.35. The van der Waals surface area contributed by atoms with Crippen LogP contribution in [-0.4, -0.2) is 23.4 Å². The van der Waals surface area contributed by atoms with E-state index < -0.39 is 0 Å². The summed E-state index contributed by atoms with van der Waals surface area (Å²) >= 11 is 0. The summed E-state index contributed by atoms with van der Waals surface area (Å²) in [5.74, 6) is 1.25. The molecule has 0 spiro atoms. The molecule has 0 fully saturated rings. The third-order valence-corrected chi connectivity index (χ3v) is 5.11. The predicted octanol–water partition coefficient (Wildman–Crippen LogP) is 5.31. The molecule has 0 saturated heterocycles. The first-order chi connectivity index (χ1) is 14.6. The first-order valence-corrected chi connectivity index (χ1v) is 10.2. The number of carbonyl (C=O) groups excluding carboxylic acids is 1. The highest BCUT2D eigenvalue weighted by Gasteiger charge is 2.10. The maximum atomic E-state index is 11.1. The van der Waals surface area contributed by atoms with Crippen LogP contribution in [0.25, 0.3) is 21.8 Å². The number of pyridine rings is 2. The molecule has 0 amide bonds. The molecule has 5 heteroatoms. The van der Waals surface area contributed by atoms with Crippen LogP contribution in [0.4, 0.5) is 5.82 Å². The Balaban J connectivity index is 0.00000124. The maximum absolute atomic E-state index is 11.1. The molecule has 4 rings (SSSR count). The Morgan fingerprint density at radius 3 is 2.53 bits per heavy atom. The second-order valence-electron chi connectivity index (χ2n) is 6.92. The second-order valence-corrected chi connectivity index (χ2v) is 6.92. The van der Waals surface area contributed by atoms with Crippen LogP contribution in [0.1, 0.15) is 40.9 Å². The molecule has 4 aromatic rings. The summed E-state index contributed by atoms with van der Waals surface area (Å²) in [6.45, 7) is 6.10. The molecule has 2 heterocycles. The summed E-state index contributed by atoms with van der Waals surface area (Å²) in [5.41, 5.74) is 11.7. The number of hydrogen-bond donors (Lipinski definition) is 1. The predicted molar refractivity (Wildman–Crippen MR) is 123 cm³/mol. The van der Waals surface area contributed by atoms with Crippen molar-refractivity contribution in [3.8, 4) is 5.75 Å². The van der Waals surface area contributed by atoms with Gasteiger partial charge < -0.3 is 10.5 Å². The minimum atomic E-state index is 0.378. The van der Waals surface area contributed by atoms with Gasteiger partial charge in [-0.15, -0.1) is 0 Å². The van der Waals surface area contributed by atoms with Crippen LogP contribution in [0.3, 0.4) is 0 Å². The van der Waals surface area contributed by atoms with Crippen molar-refractivity contribution in [1.29, 1.82) is 0 Å². The molecule has 0 unspecified atom stereocenters. The molecular weight excluding hydrogens is 374 g/mol. The minimum Gasteiger partial charge on any atom is -0.497 e. The molecule has 0 aliphatic carbocycles. The van der Waals surface area contributed by atoms with E-state index in [1.807, 2.05) is 32.2 Å².